The van der Waals surface area contributed by atoms with Gasteiger partial charge in [-0.15, -0.1) is 0 Å². The smallest absolute Gasteiger partial charge is 0.251 e. The van der Waals surface area contributed by atoms with E-state index in [2.05, 4.69) is 10.6 Å². The summed E-state index contributed by atoms with van der Waals surface area (Å²) in [6.45, 7) is 1.80. The van der Waals surface area contributed by atoms with E-state index < -0.39 is 32.0 Å². The third-order valence-electron chi connectivity index (χ3n) is 4.79. The van der Waals surface area contributed by atoms with Crippen molar-refractivity contribution in [2.24, 2.45) is 5.14 Å². The second-order valence-corrected chi connectivity index (χ2v) is 10.5. The fourth-order valence-electron chi connectivity index (χ4n) is 3.08. The van der Waals surface area contributed by atoms with E-state index >= 15 is 0 Å². The maximum absolute atomic E-state index is 12.8. The van der Waals surface area contributed by atoms with E-state index in [9.17, 15) is 26.4 Å². The van der Waals surface area contributed by atoms with Crippen LogP contribution in [0.25, 0.3) is 0 Å². The van der Waals surface area contributed by atoms with Gasteiger partial charge in [0.2, 0.25) is 26.0 Å². The predicted octanol–water partition coefficient (Wildman–Crippen LogP) is -0.0545. The molecule has 3 rings (SSSR count). The molecule has 166 valence electrons. The number of amides is 2. The van der Waals surface area contributed by atoms with Crippen molar-refractivity contribution in [2.45, 2.75) is 22.8 Å². The molecule has 12 heteroatoms. The highest BCUT2D eigenvalue weighted by molar-refractivity contribution is 7.89. The standard InChI is InChI=1S/C19H22N4O6S2/c1-13(14-5-7-16(8-6-14)30(20,26)27)22-19(25)15-3-2-4-17(11-15)31(28,29)23-10-9-21-18(24)12-23/h2-8,11,13H,9-10,12H2,1H3,(H,21,24)(H,22,25)(H2,20,26,27). The van der Waals surface area contributed by atoms with Gasteiger partial charge < -0.3 is 10.6 Å². The average Bonchev–Trinajstić information content (AvgIpc) is 2.73. The first-order valence-corrected chi connectivity index (χ1v) is 12.3. The fraction of sp³-hybridized carbons (Fsp3) is 0.263. The lowest BCUT2D eigenvalue weighted by Crippen LogP contribution is -2.49. The molecule has 0 radical (unpaired) electrons. The number of carbonyl (C=O) groups excluding carboxylic acids is 2. The van der Waals surface area contributed by atoms with Crippen LogP contribution in [0.4, 0.5) is 0 Å². The molecular formula is C19H22N4O6S2. The molecule has 0 bridgehead atoms. The van der Waals surface area contributed by atoms with Crippen LogP contribution in [-0.4, -0.2) is 52.6 Å². The number of sulfonamides is 2. The molecule has 0 saturated carbocycles. The van der Waals surface area contributed by atoms with Crippen LogP contribution in [-0.2, 0) is 24.8 Å². The van der Waals surface area contributed by atoms with E-state index in [1.807, 2.05) is 0 Å². The molecule has 0 aliphatic carbocycles. The maximum atomic E-state index is 12.8. The Balaban J connectivity index is 1.76. The lowest BCUT2D eigenvalue weighted by atomic mass is 10.1. The summed E-state index contributed by atoms with van der Waals surface area (Å²) < 4.78 is 49.4. The van der Waals surface area contributed by atoms with Crippen molar-refractivity contribution >= 4 is 31.9 Å². The van der Waals surface area contributed by atoms with Gasteiger partial charge in [0.1, 0.15) is 0 Å². The molecule has 2 aromatic rings. The Bertz CT molecular complexity index is 1210. The predicted molar refractivity (Wildman–Crippen MR) is 112 cm³/mol. The molecule has 1 saturated heterocycles. The first-order chi connectivity index (χ1) is 14.5. The van der Waals surface area contributed by atoms with Gasteiger partial charge in [-0.3, -0.25) is 9.59 Å². The van der Waals surface area contributed by atoms with Gasteiger partial charge in [-0.25, -0.2) is 22.0 Å². The van der Waals surface area contributed by atoms with Crippen molar-refractivity contribution in [2.75, 3.05) is 19.6 Å². The molecule has 1 atom stereocenters. The molecule has 0 spiro atoms. The molecule has 1 unspecified atom stereocenters. The number of nitrogens with one attached hydrogen (secondary N) is 2. The number of hydrogen-bond donors (Lipinski definition) is 3. The number of nitrogens with zero attached hydrogens (tertiary/aromatic N) is 1. The Labute approximate surface area is 180 Å². The average molecular weight is 467 g/mol. The van der Waals surface area contributed by atoms with Gasteiger partial charge in [0.25, 0.3) is 5.91 Å². The first kappa shape index (κ1) is 22.9. The van der Waals surface area contributed by atoms with Crippen LogP contribution < -0.4 is 15.8 Å². The second-order valence-electron chi connectivity index (χ2n) is 7.03. The molecule has 2 amide bonds. The van der Waals surface area contributed by atoms with E-state index in [0.717, 1.165) is 4.31 Å². The lowest BCUT2D eigenvalue weighted by molar-refractivity contribution is -0.122. The number of piperazine rings is 1. The van der Waals surface area contributed by atoms with E-state index in [4.69, 9.17) is 5.14 Å². The number of carbonyl (C=O) groups is 2. The minimum atomic E-state index is -3.93. The highest BCUT2D eigenvalue weighted by Crippen LogP contribution is 2.20. The van der Waals surface area contributed by atoms with Crippen LogP contribution in [0.15, 0.2) is 58.3 Å². The van der Waals surface area contributed by atoms with Crippen LogP contribution in [0.1, 0.15) is 28.9 Å². The number of nitrogens with two attached hydrogens (primary N) is 1. The summed E-state index contributed by atoms with van der Waals surface area (Å²) in [6, 6.07) is 10.8. The zero-order valence-electron chi connectivity index (χ0n) is 16.6. The van der Waals surface area contributed by atoms with Crippen molar-refractivity contribution in [1.82, 2.24) is 14.9 Å². The number of benzene rings is 2. The maximum Gasteiger partial charge on any atom is 0.251 e. The van der Waals surface area contributed by atoms with Crippen LogP contribution in [0.5, 0.6) is 0 Å². The van der Waals surface area contributed by atoms with Gasteiger partial charge >= 0.3 is 0 Å². The normalized spacial score (nSPS) is 16.4. The van der Waals surface area contributed by atoms with Crippen LogP contribution in [0.2, 0.25) is 0 Å². The quantitative estimate of drug-likeness (QED) is 0.542. The number of hydrogen-bond acceptors (Lipinski definition) is 6. The summed E-state index contributed by atoms with van der Waals surface area (Å²) in [4.78, 5) is 24.1. The summed E-state index contributed by atoms with van der Waals surface area (Å²) >= 11 is 0. The van der Waals surface area contributed by atoms with Gasteiger partial charge in [0.05, 0.1) is 22.4 Å². The molecule has 1 heterocycles. The number of rotatable bonds is 6. The van der Waals surface area contributed by atoms with Gasteiger partial charge in [0, 0.05) is 18.7 Å². The molecular weight excluding hydrogens is 444 g/mol. The largest absolute Gasteiger partial charge is 0.354 e. The summed E-state index contributed by atoms with van der Waals surface area (Å²) in [6.07, 6.45) is 0. The topological polar surface area (TPSA) is 156 Å². The Morgan fingerprint density at radius 1 is 1.10 bits per heavy atom. The van der Waals surface area contributed by atoms with Gasteiger partial charge in [-0.1, -0.05) is 18.2 Å². The molecule has 2 aromatic carbocycles. The summed E-state index contributed by atoms with van der Waals surface area (Å²) in [5.41, 5.74) is 0.777. The van der Waals surface area contributed by atoms with Crippen LogP contribution in [0, 0.1) is 0 Å². The van der Waals surface area contributed by atoms with Gasteiger partial charge in [-0.05, 0) is 42.8 Å². The van der Waals surface area contributed by atoms with Gasteiger partial charge in [0.15, 0.2) is 0 Å². The fourth-order valence-corrected chi connectivity index (χ4v) is 5.04. The molecule has 0 aromatic heterocycles. The Morgan fingerprint density at radius 2 is 1.77 bits per heavy atom. The lowest BCUT2D eigenvalue weighted by Gasteiger charge is -2.26. The highest BCUT2D eigenvalue weighted by atomic mass is 32.2. The van der Waals surface area contributed by atoms with E-state index in [0.29, 0.717) is 5.56 Å². The van der Waals surface area contributed by atoms with Crippen molar-refractivity contribution < 1.29 is 26.4 Å². The van der Waals surface area contributed by atoms with E-state index in [1.54, 1.807) is 6.92 Å². The summed E-state index contributed by atoms with van der Waals surface area (Å²) in [5.74, 6) is -0.887. The third-order valence-corrected chi connectivity index (χ3v) is 7.56. The summed E-state index contributed by atoms with van der Waals surface area (Å²) in [7, 11) is -7.74. The molecule has 31 heavy (non-hydrogen) atoms. The first-order valence-electron chi connectivity index (χ1n) is 9.29. The van der Waals surface area contributed by atoms with E-state index in [-0.39, 0.29) is 40.9 Å². The minimum absolute atomic E-state index is 0.0425. The second kappa shape index (κ2) is 8.75. The SMILES string of the molecule is CC(NC(=O)c1cccc(S(=O)(=O)N2CCNC(=O)C2)c1)c1ccc(S(N)(=O)=O)cc1. The Kier molecular flexibility index (Phi) is 6.46. The van der Waals surface area contributed by atoms with Crippen molar-refractivity contribution in [3.05, 3.63) is 59.7 Å². The van der Waals surface area contributed by atoms with Crippen molar-refractivity contribution in [1.29, 1.82) is 0 Å². The van der Waals surface area contributed by atoms with Crippen LogP contribution in [0.3, 0.4) is 0 Å². The van der Waals surface area contributed by atoms with Crippen LogP contribution >= 0.6 is 0 Å². The monoisotopic (exact) mass is 466 g/mol. The van der Waals surface area contributed by atoms with Crippen molar-refractivity contribution in [3.8, 4) is 0 Å². The zero-order valence-corrected chi connectivity index (χ0v) is 18.2. The summed E-state index contributed by atoms with van der Waals surface area (Å²) in [5, 5.41) is 10.4. The van der Waals surface area contributed by atoms with Gasteiger partial charge in [-0.2, -0.15) is 4.31 Å². The van der Waals surface area contributed by atoms with E-state index in [1.165, 1.54) is 48.5 Å². The molecule has 4 N–H and O–H groups in total. The molecule has 10 nitrogen and oxygen atoms in total. The Morgan fingerprint density at radius 3 is 2.39 bits per heavy atom. The molecule has 1 fully saturated rings. The Hall–Kier alpha value is -2.80. The minimum Gasteiger partial charge on any atom is -0.354 e. The number of primary sulfonamides is 1. The molecule has 1 aliphatic heterocycles. The highest BCUT2D eigenvalue weighted by Gasteiger charge is 2.29. The zero-order chi connectivity index (χ0) is 22.8. The third kappa shape index (κ3) is 5.28. The van der Waals surface area contributed by atoms with Crippen molar-refractivity contribution in [3.63, 3.8) is 0 Å². The molecule has 1 aliphatic rings.